The van der Waals surface area contributed by atoms with Crippen LogP contribution in [0.4, 0.5) is 11.8 Å². The summed E-state index contributed by atoms with van der Waals surface area (Å²) < 4.78 is 5.08. The van der Waals surface area contributed by atoms with Crippen LogP contribution in [0.25, 0.3) is 10.9 Å². The fourth-order valence-electron chi connectivity index (χ4n) is 2.12. The minimum absolute atomic E-state index is 0.652. The zero-order chi connectivity index (χ0) is 14.4. The van der Waals surface area contributed by atoms with Crippen LogP contribution in [0.3, 0.4) is 0 Å². The number of para-hydroxylation sites is 1. The van der Waals surface area contributed by atoms with E-state index in [4.69, 9.17) is 4.74 Å². The first kappa shape index (κ1) is 14.5. The van der Waals surface area contributed by atoms with Gasteiger partial charge in [-0.15, -0.1) is 0 Å². The van der Waals surface area contributed by atoms with Crippen molar-refractivity contribution in [3.8, 4) is 0 Å². The molecular formula is C15H22N4O. The summed E-state index contributed by atoms with van der Waals surface area (Å²) in [5.41, 5.74) is 0.962. The lowest BCUT2D eigenvalue weighted by Crippen LogP contribution is -2.24. The van der Waals surface area contributed by atoms with Crippen LogP contribution in [-0.2, 0) is 4.74 Å². The molecular weight excluding hydrogens is 252 g/mol. The van der Waals surface area contributed by atoms with Crippen molar-refractivity contribution in [1.82, 2.24) is 9.97 Å². The fraction of sp³-hybridized carbons (Fsp3) is 0.467. The quantitative estimate of drug-likeness (QED) is 0.786. The number of ether oxygens (including phenoxy) is 1. The van der Waals surface area contributed by atoms with E-state index in [0.717, 1.165) is 42.3 Å². The molecule has 0 spiro atoms. The molecule has 0 atom stereocenters. The van der Waals surface area contributed by atoms with Crippen molar-refractivity contribution >= 4 is 22.7 Å². The van der Waals surface area contributed by atoms with Gasteiger partial charge in [-0.3, -0.25) is 0 Å². The van der Waals surface area contributed by atoms with E-state index in [2.05, 4.69) is 34.0 Å². The molecule has 1 heterocycles. The molecule has 0 bridgehead atoms. The molecule has 5 nitrogen and oxygen atoms in total. The second-order valence-electron chi connectivity index (χ2n) is 4.48. The van der Waals surface area contributed by atoms with Crippen molar-refractivity contribution in [3.63, 3.8) is 0 Å². The molecule has 0 aliphatic heterocycles. The van der Waals surface area contributed by atoms with E-state index in [1.54, 1.807) is 7.11 Å². The van der Waals surface area contributed by atoms with E-state index in [9.17, 15) is 0 Å². The number of hydrogen-bond acceptors (Lipinski definition) is 5. The van der Waals surface area contributed by atoms with Gasteiger partial charge in [0.15, 0.2) is 0 Å². The van der Waals surface area contributed by atoms with Crippen LogP contribution < -0.4 is 10.2 Å². The molecule has 20 heavy (non-hydrogen) atoms. The van der Waals surface area contributed by atoms with Crippen LogP contribution in [-0.4, -0.2) is 43.3 Å². The van der Waals surface area contributed by atoms with Crippen LogP contribution in [0.2, 0.25) is 0 Å². The van der Waals surface area contributed by atoms with Gasteiger partial charge in [0.05, 0.1) is 12.1 Å². The molecule has 0 aliphatic rings. The average molecular weight is 274 g/mol. The second kappa shape index (κ2) is 7.05. The van der Waals surface area contributed by atoms with E-state index < -0.39 is 0 Å². The van der Waals surface area contributed by atoms with Gasteiger partial charge >= 0.3 is 0 Å². The van der Waals surface area contributed by atoms with Crippen LogP contribution in [0.5, 0.6) is 0 Å². The number of aromatic nitrogens is 2. The van der Waals surface area contributed by atoms with E-state index in [-0.39, 0.29) is 0 Å². The van der Waals surface area contributed by atoms with Gasteiger partial charge in [0.25, 0.3) is 0 Å². The van der Waals surface area contributed by atoms with Gasteiger partial charge in [0.1, 0.15) is 5.82 Å². The molecule has 0 fully saturated rings. The summed E-state index contributed by atoms with van der Waals surface area (Å²) in [4.78, 5) is 11.5. The smallest absolute Gasteiger partial charge is 0.227 e. The number of hydrogen-bond donors (Lipinski definition) is 1. The van der Waals surface area contributed by atoms with Gasteiger partial charge in [0, 0.05) is 32.1 Å². The number of fused-ring (bicyclic) bond motifs is 1. The Morgan fingerprint density at radius 1 is 1.15 bits per heavy atom. The van der Waals surface area contributed by atoms with Crippen LogP contribution in [0.15, 0.2) is 24.3 Å². The molecule has 108 valence electrons. The topological polar surface area (TPSA) is 50.3 Å². The van der Waals surface area contributed by atoms with Crippen molar-refractivity contribution in [2.24, 2.45) is 0 Å². The molecule has 0 radical (unpaired) electrons. The summed E-state index contributed by atoms with van der Waals surface area (Å²) in [5, 5.41) is 4.37. The predicted octanol–water partition coefficient (Wildman–Crippen LogP) is 2.53. The van der Waals surface area contributed by atoms with Crippen LogP contribution in [0.1, 0.15) is 13.8 Å². The number of anilines is 2. The molecule has 0 aliphatic carbocycles. The highest BCUT2D eigenvalue weighted by molar-refractivity contribution is 5.90. The van der Waals surface area contributed by atoms with E-state index in [0.29, 0.717) is 6.61 Å². The Bertz CT molecular complexity index is 555. The largest absolute Gasteiger partial charge is 0.383 e. The predicted molar refractivity (Wildman–Crippen MR) is 83.5 cm³/mol. The maximum atomic E-state index is 5.08. The Labute approximate surface area is 120 Å². The first-order valence-electron chi connectivity index (χ1n) is 7.04. The minimum atomic E-state index is 0.652. The minimum Gasteiger partial charge on any atom is -0.383 e. The summed E-state index contributed by atoms with van der Waals surface area (Å²) in [6.45, 7) is 7.40. The van der Waals surface area contributed by atoms with Crippen LogP contribution >= 0.6 is 0 Å². The molecule has 0 saturated heterocycles. The molecule has 5 heteroatoms. The summed E-state index contributed by atoms with van der Waals surface area (Å²) in [7, 11) is 1.70. The maximum absolute atomic E-state index is 5.08. The van der Waals surface area contributed by atoms with Crippen molar-refractivity contribution in [1.29, 1.82) is 0 Å². The molecule has 0 saturated carbocycles. The number of nitrogens with one attached hydrogen (secondary N) is 1. The van der Waals surface area contributed by atoms with E-state index >= 15 is 0 Å². The lowest BCUT2D eigenvalue weighted by atomic mass is 10.2. The third-order valence-corrected chi connectivity index (χ3v) is 3.24. The average Bonchev–Trinajstić information content (AvgIpc) is 2.49. The maximum Gasteiger partial charge on any atom is 0.227 e. The molecule has 1 N–H and O–H groups in total. The summed E-state index contributed by atoms with van der Waals surface area (Å²) in [6, 6.07) is 8.06. The Morgan fingerprint density at radius 2 is 1.90 bits per heavy atom. The number of nitrogens with zero attached hydrogens (tertiary/aromatic N) is 3. The third kappa shape index (κ3) is 3.17. The Balaban J connectivity index is 2.40. The molecule has 1 aromatic heterocycles. The highest BCUT2D eigenvalue weighted by Crippen LogP contribution is 2.23. The Hall–Kier alpha value is -1.88. The fourth-order valence-corrected chi connectivity index (χ4v) is 2.12. The van der Waals surface area contributed by atoms with E-state index in [1.165, 1.54) is 0 Å². The lowest BCUT2D eigenvalue weighted by molar-refractivity contribution is 0.210. The zero-order valence-corrected chi connectivity index (χ0v) is 12.4. The first-order chi connectivity index (χ1) is 9.80. The monoisotopic (exact) mass is 274 g/mol. The molecule has 1 aromatic carbocycles. The normalized spacial score (nSPS) is 10.8. The van der Waals surface area contributed by atoms with Gasteiger partial charge < -0.3 is 15.0 Å². The Morgan fingerprint density at radius 3 is 2.60 bits per heavy atom. The molecule has 0 unspecified atom stereocenters. The summed E-state index contributed by atoms with van der Waals surface area (Å²) >= 11 is 0. The van der Waals surface area contributed by atoms with Crippen molar-refractivity contribution in [2.75, 3.05) is 43.6 Å². The van der Waals surface area contributed by atoms with Gasteiger partial charge in [-0.2, -0.15) is 4.98 Å². The third-order valence-electron chi connectivity index (χ3n) is 3.24. The summed E-state index contributed by atoms with van der Waals surface area (Å²) in [6.07, 6.45) is 0. The standard InChI is InChI=1S/C15H22N4O/c1-4-19(5-2)15-17-13-9-7-6-8-12(13)14(18-15)16-10-11-20-3/h6-9H,4-5,10-11H2,1-3H3,(H,16,17,18). The molecule has 2 aromatic rings. The lowest BCUT2D eigenvalue weighted by Gasteiger charge is -2.20. The van der Waals surface area contributed by atoms with Crippen LogP contribution in [0, 0.1) is 0 Å². The van der Waals surface area contributed by atoms with Gasteiger partial charge in [0.2, 0.25) is 5.95 Å². The van der Waals surface area contributed by atoms with Gasteiger partial charge in [-0.05, 0) is 26.0 Å². The number of methoxy groups -OCH3 is 1. The number of rotatable bonds is 7. The second-order valence-corrected chi connectivity index (χ2v) is 4.48. The van der Waals surface area contributed by atoms with Gasteiger partial charge in [-0.25, -0.2) is 4.98 Å². The summed E-state index contributed by atoms with van der Waals surface area (Å²) in [5.74, 6) is 1.64. The highest BCUT2D eigenvalue weighted by atomic mass is 16.5. The zero-order valence-electron chi connectivity index (χ0n) is 12.4. The van der Waals surface area contributed by atoms with Crippen molar-refractivity contribution in [2.45, 2.75) is 13.8 Å². The van der Waals surface area contributed by atoms with Crippen molar-refractivity contribution in [3.05, 3.63) is 24.3 Å². The number of benzene rings is 1. The highest BCUT2D eigenvalue weighted by Gasteiger charge is 2.10. The first-order valence-corrected chi connectivity index (χ1v) is 7.04. The van der Waals surface area contributed by atoms with Crippen molar-refractivity contribution < 1.29 is 4.74 Å². The van der Waals surface area contributed by atoms with Gasteiger partial charge in [-0.1, -0.05) is 12.1 Å². The SMILES string of the molecule is CCN(CC)c1nc(NCCOC)c2ccccc2n1. The molecule has 0 amide bonds. The molecule has 2 rings (SSSR count). The van der Waals surface area contributed by atoms with E-state index in [1.807, 2.05) is 24.3 Å². The Kier molecular flexibility index (Phi) is 5.12.